The second-order valence-electron chi connectivity index (χ2n) is 2.93. The van der Waals surface area contributed by atoms with Crippen molar-refractivity contribution in [3.63, 3.8) is 0 Å². The van der Waals surface area contributed by atoms with Crippen LogP contribution in [0.25, 0.3) is 0 Å². The highest BCUT2D eigenvalue weighted by atomic mass is 19.1. The zero-order valence-corrected chi connectivity index (χ0v) is 8.26. The minimum atomic E-state index is -1.66. The zero-order chi connectivity index (χ0) is 12.1. The monoisotopic (exact) mass is 225 g/mol. The maximum atomic E-state index is 13.5. The average Bonchev–Trinajstić information content (AvgIpc) is 2.21. The molecule has 0 bridgehead atoms. The normalized spacial score (nSPS) is 9.44. The number of aromatic carboxylic acids is 1. The quantitative estimate of drug-likeness (QED) is 0.747. The first kappa shape index (κ1) is 12.1. The number of nitrogens with two attached hydrogens (primary N) is 1. The molecule has 0 aliphatic heterocycles. The van der Waals surface area contributed by atoms with Gasteiger partial charge in [-0.25, -0.2) is 13.6 Å². The summed E-state index contributed by atoms with van der Waals surface area (Å²) >= 11 is 0. The molecule has 0 saturated carbocycles. The number of halogens is 2. The Balaban J connectivity index is 3.20. The van der Waals surface area contributed by atoms with Crippen LogP contribution in [0.5, 0.6) is 0 Å². The van der Waals surface area contributed by atoms with Crippen molar-refractivity contribution in [3.05, 3.63) is 34.9 Å². The second-order valence-corrected chi connectivity index (χ2v) is 2.93. The molecular weight excluding hydrogens is 216 g/mol. The van der Waals surface area contributed by atoms with E-state index in [4.69, 9.17) is 10.8 Å². The van der Waals surface area contributed by atoms with Crippen molar-refractivity contribution in [1.29, 1.82) is 0 Å². The highest BCUT2D eigenvalue weighted by Crippen LogP contribution is 2.16. The van der Waals surface area contributed by atoms with E-state index in [-0.39, 0.29) is 5.56 Å². The van der Waals surface area contributed by atoms with Gasteiger partial charge < -0.3 is 10.8 Å². The summed E-state index contributed by atoms with van der Waals surface area (Å²) in [5.74, 6) is 1.02. The van der Waals surface area contributed by atoms with Gasteiger partial charge in [-0.15, -0.1) is 0 Å². The zero-order valence-electron chi connectivity index (χ0n) is 8.26. The Morgan fingerprint density at radius 2 is 2.12 bits per heavy atom. The highest BCUT2D eigenvalue weighted by molar-refractivity contribution is 5.88. The fraction of sp³-hybridized carbons (Fsp3) is 0.182. The van der Waals surface area contributed by atoms with E-state index >= 15 is 0 Å². The van der Waals surface area contributed by atoms with E-state index in [1.165, 1.54) is 0 Å². The lowest BCUT2D eigenvalue weighted by Gasteiger charge is -2.01. The van der Waals surface area contributed by atoms with E-state index in [0.717, 1.165) is 12.1 Å². The van der Waals surface area contributed by atoms with Gasteiger partial charge in [-0.1, -0.05) is 11.8 Å². The molecule has 0 aromatic heterocycles. The molecule has 0 radical (unpaired) electrons. The largest absolute Gasteiger partial charge is 0.477 e. The summed E-state index contributed by atoms with van der Waals surface area (Å²) in [6.45, 7) is 0.321. The van der Waals surface area contributed by atoms with Crippen molar-refractivity contribution in [2.45, 2.75) is 6.42 Å². The maximum Gasteiger partial charge on any atom is 0.341 e. The Kier molecular flexibility index (Phi) is 3.97. The van der Waals surface area contributed by atoms with Gasteiger partial charge >= 0.3 is 5.97 Å². The molecular formula is C11H9F2NO2. The molecule has 3 nitrogen and oxygen atoms in total. The van der Waals surface area contributed by atoms with Gasteiger partial charge in [0, 0.05) is 13.0 Å². The van der Waals surface area contributed by atoms with Crippen LogP contribution < -0.4 is 5.73 Å². The van der Waals surface area contributed by atoms with Crippen molar-refractivity contribution >= 4 is 5.97 Å². The van der Waals surface area contributed by atoms with Gasteiger partial charge in [-0.05, 0) is 12.1 Å². The molecule has 16 heavy (non-hydrogen) atoms. The van der Waals surface area contributed by atoms with E-state index in [9.17, 15) is 13.6 Å². The third kappa shape index (κ3) is 2.55. The molecule has 5 heteroatoms. The molecule has 1 rings (SSSR count). The lowest BCUT2D eigenvalue weighted by molar-refractivity contribution is 0.0686. The number of benzene rings is 1. The summed E-state index contributed by atoms with van der Waals surface area (Å²) in [7, 11) is 0. The molecule has 84 valence electrons. The molecule has 0 fully saturated rings. The van der Waals surface area contributed by atoms with Gasteiger partial charge in [0.1, 0.15) is 11.4 Å². The molecule has 0 aliphatic carbocycles. The molecule has 0 atom stereocenters. The summed E-state index contributed by atoms with van der Waals surface area (Å²) in [4.78, 5) is 10.6. The average molecular weight is 225 g/mol. The number of carboxylic acid groups (broad SMARTS) is 1. The second kappa shape index (κ2) is 5.24. The number of carboxylic acids is 1. The first-order chi connectivity index (χ1) is 7.57. The fourth-order valence-electron chi connectivity index (χ4n) is 1.07. The standard InChI is InChI=1S/C11H9F2NO2/c12-8-5-4-7(3-1-2-6-14)10(13)9(8)11(15)16/h4-5H,2,6,14H2,(H,15,16). The minimum Gasteiger partial charge on any atom is -0.477 e. The van der Waals surface area contributed by atoms with Gasteiger partial charge in [0.15, 0.2) is 5.82 Å². The van der Waals surface area contributed by atoms with Crippen molar-refractivity contribution in [1.82, 2.24) is 0 Å². The van der Waals surface area contributed by atoms with Crippen molar-refractivity contribution in [2.75, 3.05) is 6.54 Å². The van der Waals surface area contributed by atoms with E-state index < -0.39 is 23.2 Å². The molecule has 1 aromatic carbocycles. The molecule has 0 unspecified atom stereocenters. The van der Waals surface area contributed by atoms with Gasteiger partial charge in [-0.2, -0.15) is 0 Å². The Morgan fingerprint density at radius 3 is 2.69 bits per heavy atom. The maximum absolute atomic E-state index is 13.5. The number of hydrogen-bond acceptors (Lipinski definition) is 2. The van der Waals surface area contributed by atoms with Crippen LogP contribution in [0, 0.1) is 23.5 Å². The van der Waals surface area contributed by atoms with Crippen LogP contribution in [0.15, 0.2) is 12.1 Å². The third-order valence-electron chi connectivity index (χ3n) is 1.80. The summed E-state index contributed by atoms with van der Waals surface area (Å²) < 4.78 is 26.4. The molecule has 3 N–H and O–H groups in total. The van der Waals surface area contributed by atoms with E-state index in [1.807, 2.05) is 0 Å². The molecule has 0 saturated heterocycles. The Morgan fingerprint density at radius 1 is 1.44 bits per heavy atom. The third-order valence-corrected chi connectivity index (χ3v) is 1.80. The first-order valence-corrected chi connectivity index (χ1v) is 4.48. The van der Waals surface area contributed by atoms with E-state index in [1.54, 1.807) is 0 Å². The topological polar surface area (TPSA) is 63.3 Å². The van der Waals surface area contributed by atoms with Gasteiger partial charge in [-0.3, -0.25) is 0 Å². The van der Waals surface area contributed by atoms with Crippen LogP contribution in [0.1, 0.15) is 22.3 Å². The van der Waals surface area contributed by atoms with Crippen LogP contribution in [0.4, 0.5) is 8.78 Å². The van der Waals surface area contributed by atoms with Crippen LogP contribution in [-0.2, 0) is 0 Å². The van der Waals surface area contributed by atoms with E-state index in [2.05, 4.69) is 11.8 Å². The molecule has 0 aliphatic rings. The van der Waals surface area contributed by atoms with E-state index in [0.29, 0.717) is 13.0 Å². The predicted octanol–water partition coefficient (Wildman–Crippen LogP) is 1.36. The van der Waals surface area contributed by atoms with Crippen LogP contribution in [-0.4, -0.2) is 17.6 Å². The SMILES string of the molecule is NCCC#Cc1ccc(F)c(C(=O)O)c1F. The lowest BCUT2D eigenvalue weighted by Crippen LogP contribution is -2.06. The Bertz CT molecular complexity index is 475. The van der Waals surface area contributed by atoms with Gasteiger partial charge in [0.05, 0.1) is 5.56 Å². The van der Waals surface area contributed by atoms with Crippen LogP contribution in [0.3, 0.4) is 0 Å². The summed E-state index contributed by atoms with van der Waals surface area (Å²) in [5.41, 5.74) is 4.05. The Labute approximate surface area is 90.9 Å². The van der Waals surface area contributed by atoms with Gasteiger partial charge in [0.25, 0.3) is 0 Å². The minimum absolute atomic E-state index is 0.146. The summed E-state index contributed by atoms with van der Waals surface area (Å²) in [6.07, 6.45) is 0.360. The van der Waals surface area contributed by atoms with Crippen LogP contribution in [0.2, 0.25) is 0 Å². The number of carbonyl (C=O) groups is 1. The molecule has 0 amide bonds. The van der Waals surface area contributed by atoms with Gasteiger partial charge in [0.2, 0.25) is 0 Å². The predicted molar refractivity (Wildman–Crippen MR) is 53.9 cm³/mol. The number of rotatable bonds is 2. The first-order valence-electron chi connectivity index (χ1n) is 4.48. The van der Waals surface area contributed by atoms with Crippen molar-refractivity contribution < 1.29 is 18.7 Å². The highest BCUT2D eigenvalue weighted by Gasteiger charge is 2.18. The Hall–Kier alpha value is -1.93. The van der Waals surface area contributed by atoms with Crippen LogP contribution >= 0.6 is 0 Å². The smallest absolute Gasteiger partial charge is 0.341 e. The molecule has 1 aromatic rings. The van der Waals surface area contributed by atoms with Crippen molar-refractivity contribution in [3.8, 4) is 11.8 Å². The molecule has 0 spiro atoms. The number of hydrogen-bond donors (Lipinski definition) is 2. The summed E-state index contributed by atoms with van der Waals surface area (Å²) in [6, 6.07) is 1.97. The lowest BCUT2D eigenvalue weighted by atomic mass is 10.1. The molecule has 0 heterocycles. The summed E-state index contributed by atoms with van der Waals surface area (Å²) in [5, 5.41) is 8.59. The van der Waals surface area contributed by atoms with Crippen molar-refractivity contribution in [2.24, 2.45) is 5.73 Å². The fourth-order valence-corrected chi connectivity index (χ4v) is 1.07.